The first-order valence-corrected chi connectivity index (χ1v) is 15.8. The van der Waals surface area contributed by atoms with Crippen molar-refractivity contribution >= 4 is 36.0 Å². The minimum atomic E-state index is -1.08. The summed E-state index contributed by atoms with van der Waals surface area (Å²) < 4.78 is 36.1. The van der Waals surface area contributed by atoms with E-state index in [4.69, 9.17) is 44.1 Å². The van der Waals surface area contributed by atoms with Crippen molar-refractivity contribution in [3.8, 4) is 0 Å². The van der Waals surface area contributed by atoms with Gasteiger partial charge in [0.15, 0.2) is 0 Å². The Balaban J connectivity index is 0.000000647. The summed E-state index contributed by atoms with van der Waals surface area (Å²) in [6.07, 6.45) is 0. The van der Waals surface area contributed by atoms with Gasteiger partial charge in [-0.1, -0.05) is 62.8 Å². The maximum absolute atomic E-state index is 5.95. The van der Waals surface area contributed by atoms with Gasteiger partial charge in [0, 0.05) is 22.3 Å². The summed E-state index contributed by atoms with van der Waals surface area (Å²) in [4.78, 5) is 0. The molecule has 0 aromatic carbocycles. The van der Waals surface area contributed by atoms with Gasteiger partial charge >= 0.3 is 0 Å². The van der Waals surface area contributed by atoms with Crippen molar-refractivity contribution in [2.45, 2.75) is 88.7 Å². The van der Waals surface area contributed by atoms with Crippen LogP contribution in [0.4, 0.5) is 0 Å². The third-order valence-electron chi connectivity index (χ3n) is 4.17. The molecule has 0 radical (unpaired) electrons. The first-order valence-electron chi connectivity index (χ1n) is 11.4. The Kier molecular flexibility index (Phi) is 16.2. The largest absolute Gasteiger partial charge is 0.328 e. The highest BCUT2D eigenvalue weighted by Crippen LogP contribution is 2.64. The van der Waals surface area contributed by atoms with Gasteiger partial charge in [-0.25, -0.2) is 0 Å². The predicted molar refractivity (Wildman–Crippen MR) is 147 cm³/mol. The highest BCUT2D eigenvalue weighted by Gasteiger charge is 2.42. The molecule has 12 heteroatoms. The van der Waals surface area contributed by atoms with Crippen LogP contribution in [-0.4, -0.2) is 56.2 Å². The Morgan fingerprint density at radius 2 is 0.882 bits per heavy atom. The van der Waals surface area contributed by atoms with E-state index in [-0.39, 0.29) is 29.7 Å². The zero-order chi connectivity index (χ0) is 25.4. The van der Waals surface area contributed by atoms with Crippen LogP contribution in [0.15, 0.2) is 0 Å². The third kappa shape index (κ3) is 14.3. The van der Waals surface area contributed by atoms with Crippen LogP contribution in [0.2, 0.25) is 0 Å². The molecule has 3 aliphatic heterocycles. The summed E-state index contributed by atoms with van der Waals surface area (Å²) >= 11 is 5.56. The molecule has 0 spiro atoms. The molecule has 3 saturated heterocycles. The molecule has 0 aliphatic carbocycles. The first-order chi connectivity index (χ1) is 15.0. The van der Waals surface area contributed by atoms with E-state index in [1.54, 1.807) is 0 Å². The van der Waals surface area contributed by atoms with Gasteiger partial charge in [0.05, 0.1) is 39.6 Å². The van der Waals surface area contributed by atoms with E-state index >= 15 is 0 Å². The molecular formula is C22H50ClN2O6P3. The topological polar surface area (TPSA) is 84.6 Å². The van der Waals surface area contributed by atoms with Gasteiger partial charge < -0.3 is 32.9 Å². The summed E-state index contributed by atoms with van der Waals surface area (Å²) in [7, 11) is -3.23. The Bertz CT molecular complexity index is 512. The molecule has 0 bridgehead atoms. The highest BCUT2D eigenvalue weighted by atomic mass is 35.7. The fraction of sp³-hybridized carbons (Fsp3) is 1.00. The second kappa shape index (κ2) is 15.6. The molecule has 0 amide bonds. The quantitative estimate of drug-likeness (QED) is 0.346. The molecule has 3 rings (SSSR count). The van der Waals surface area contributed by atoms with Crippen molar-refractivity contribution in [1.82, 2.24) is 4.44 Å². The first kappa shape index (κ1) is 35.3. The highest BCUT2D eigenvalue weighted by molar-refractivity contribution is 7.76. The molecule has 0 saturated carbocycles. The number of rotatable bonds is 3. The van der Waals surface area contributed by atoms with E-state index in [1.807, 2.05) is 13.8 Å². The molecule has 0 aromatic heterocycles. The number of hydrogen-bond acceptors (Lipinski definition) is 8. The van der Waals surface area contributed by atoms with Crippen LogP contribution >= 0.6 is 36.0 Å². The van der Waals surface area contributed by atoms with Crippen LogP contribution in [0.1, 0.15) is 76.7 Å². The molecule has 0 atom stereocenters. The number of nitrogens with two attached hydrogens (primary N) is 1. The average Bonchev–Trinajstić information content (AvgIpc) is 2.67. The SMILES string of the molecule is C.CC(C)N.CC(C)N(P1OCC(C)(C)CO1)P1OCC(C)(C)CO1.CC1(C)COP(Cl)OC1. The fourth-order valence-electron chi connectivity index (χ4n) is 2.28. The van der Waals surface area contributed by atoms with Gasteiger partial charge in [-0.3, -0.25) is 0 Å². The molecule has 0 aromatic rings. The van der Waals surface area contributed by atoms with E-state index < -0.39 is 24.8 Å². The van der Waals surface area contributed by atoms with Gasteiger partial charge in [-0.05, 0) is 31.1 Å². The molecule has 34 heavy (non-hydrogen) atoms. The molecular weight excluding hydrogens is 517 g/mol. The lowest BCUT2D eigenvalue weighted by atomic mass is 9.97. The minimum Gasteiger partial charge on any atom is -0.328 e. The van der Waals surface area contributed by atoms with E-state index in [0.717, 1.165) is 26.4 Å². The molecule has 3 aliphatic rings. The van der Waals surface area contributed by atoms with Crippen molar-refractivity contribution < 1.29 is 27.1 Å². The van der Waals surface area contributed by atoms with Crippen molar-refractivity contribution in [1.29, 1.82) is 0 Å². The van der Waals surface area contributed by atoms with Crippen LogP contribution in [0.25, 0.3) is 0 Å². The maximum Gasteiger partial charge on any atom is 0.276 e. The summed E-state index contributed by atoms with van der Waals surface area (Å²) in [6, 6.07) is 0.606. The summed E-state index contributed by atoms with van der Waals surface area (Å²) in [6.45, 7) is 25.2. The second-order valence-corrected chi connectivity index (χ2v) is 16.4. The molecule has 2 N–H and O–H groups in total. The van der Waals surface area contributed by atoms with Crippen LogP contribution in [-0.2, 0) is 27.1 Å². The van der Waals surface area contributed by atoms with Gasteiger partial charge in [0.2, 0.25) is 0 Å². The monoisotopic (exact) mass is 566 g/mol. The zero-order valence-corrected chi connectivity index (χ0v) is 25.5. The molecule has 3 fully saturated rings. The third-order valence-corrected chi connectivity index (χ3v) is 9.29. The predicted octanol–water partition coefficient (Wildman–Crippen LogP) is 7.81. The van der Waals surface area contributed by atoms with Crippen molar-refractivity contribution in [2.75, 3.05) is 39.6 Å². The Morgan fingerprint density at radius 1 is 0.647 bits per heavy atom. The molecule has 206 valence electrons. The van der Waals surface area contributed by atoms with Crippen molar-refractivity contribution in [3.05, 3.63) is 0 Å². The van der Waals surface area contributed by atoms with Gasteiger partial charge in [0.25, 0.3) is 24.8 Å². The van der Waals surface area contributed by atoms with Crippen LogP contribution in [0.3, 0.4) is 0 Å². The van der Waals surface area contributed by atoms with Crippen molar-refractivity contribution in [3.63, 3.8) is 0 Å². The summed E-state index contributed by atoms with van der Waals surface area (Å²) in [5.74, 6) is 0. The van der Waals surface area contributed by atoms with E-state index in [1.165, 1.54) is 0 Å². The van der Waals surface area contributed by atoms with Gasteiger partial charge in [-0.2, -0.15) is 4.44 Å². The summed E-state index contributed by atoms with van der Waals surface area (Å²) in [5, 5.41) is 0. The zero-order valence-electron chi connectivity index (χ0n) is 22.1. The van der Waals surface area contributed by atoms with Crippen LogP contribution < -0.4 is 5.73 Å². The lowest BCUT2D eigenvalue weighted by Crippen LogP contribution is -2.36. The molecule has 3 heterocycles. The normalized spacial score (nSPS) is 25.1. The minimum absolute atomic E-state index is 0. The Labute approximate surface area is 217 Å². The van der Waals surface area contributed by atoms with E-state index in [0.29, 0.717) is 19.3 Å². The fourth-order valence-corrected chi connectivity index (χ4v) is 7.86. The lowest BCUT2D eigenvalue weighted by molar-refractivity contribution is 0.0306. The lowest BCUT2D eigenvalue weighted by Gasteiger charge is -2.44. The molecule has 8 nitrogen and oxygen atoms in total. The van der Waals surface area contributed by atoms with E-state index in [2.05, 4.69) is 59.8 Å². The van der Waals surface area contributed by atoms with Crippen molar-refractivity contribution in [2.24, 2.45) is 22.0 Å². The second-order valence-electron chi connectivity index (χ2n) is 11.5. The van der Waals surface area contributed by atoms with Gasteiger partial charge in [0.1, 0.15) is 0 Å². The smallest absolute Gasteiger partial charge is 0.276 e. The Hall–Kier alpha value is 1.26. The van der Waals surface area contributed by atoms with Gasteiger partial charge in [-0.15, -0.1) is 0 Å². The maximum atomic E-state index is 5.95. The molecule has 0 unspecified atom stereocenters. The number of halogens is 1. The van der Waals surface area contributed by atoms with E-state index in [9.17, 15) is 0 Å². The summed E-state index contributed by atoms with van der Waals surface area (Å²) in [5.41, 5.74) is 5.43. The number of hydrogen-bond donors (Lipinski definition) is 1. The van der Waals surface area contributed by atoms with Crippen LogP contribution in [0, 0.1) is 16.2 Å². The Morgan fingerprint density at radius 3 is 1.09 bits per heavy atom. The van der Waals surface area contributed by atoms with Crippen LogP contribution in [0.5, 0.6) is 0 Å². The number of nitrogens with zero attached hydrogens (tertiary/aromatic N) is 1. The standard InChI is InChI=1S/C13H27NO4P2.C5H10ClO2P.C3H9N.CH4/c1-11(2)14(19-15-7-12(3,4)8-16-19)20-17-9-13(5,6)10-18-20;1-5(2)3-7-9(6)8-4-5;1-3(2)4;/h11H,7-10H2,1-6H3;3-4H2,1-2H3;3H,4H2,1-2H3;1H4. The average molecular weight is 567 g/mol.